The molecule has 0 bridgehead atoms. The Balaban J connectivity index is 1.92. The van der Waals surface area contributed by atoms with Gasteiger partial charge in [0.25, 0.3) is 0 Å². The average Bonchev–Trinajstić information content (AvgIpc) is 2.55. The number of hydrogen-bond donors (Lipinski definition) is 1. The summed E-state index contributed by atoms with van der Waals surface area (Å²) in [7, 11) is 0. The third-order valence-corrected chi connectivity index (χ3v) is 2.63. The highest BCUT2D eigenvalue weighted by atomic mass is 16.5. The Bertz CT molecular complexity index is 134. The van der Waals surface area contributed by atoms with Crippen LogP contribution in [0.3, 0.4) is 0 Å². The van der Waals surface area contributed by atoms with Gasteiger partial charge in [-0.15, -0.1) is 0 Å². The minimum Gasteiger partial charge on any atom is -0.389 e. The van der Waals surface area contributed by atoms with E-state index < -0.39 is 0 Å². The fourth-order valence-electron chi connectivity index (χ4n) is 1.95. The van der Waals surface area contributed by atoms with Gasteiger partial charge in [-0.25, -0.2) is 0 Å². The van der Waals surface area contributed by atoms with Crippen LogP contribution >= 0.6 is 0 Å². The Morgan fingerprint density at radius 2 is 1.91 bits per heavy atom. The van der Waals surface area contributed by atoms with E-state index in [-0.39, 0.29) is 12.1 Å². The molecule has 0 aromatic carbocycles. The molecule has 2 atom stereocenters. The van der Waals surface area contributed by atoms with E-state index in [1.165, 1.54) is 12.8 Å². The number of likely N-dealkylation sites (tertiary alicyclic amines) is 1. The standard InChI is InChI=1S/C8H15NO2/c10-8-6-11-5-7(8)9-3-1-2-4-9/h7-8,10H,1-6H2. The molecule has 2 aliphatic heterocycles. The average molecular weight is 157 g/mol. The highest BCUT2D eigenvalue weighted by Crippen LogP contribution is 2.18. The lowest BCUT2D eigenvalue weighted by atomic mass is 10.2. The zero-order valence-electron chi connectivity index (χ0n) is 6.70. The van der Waals surface area contributed by atoms with E-state index in [0.717, 1.165) is 19.7 Å². The summed E-state index contributed by atoms with van der Waals surface area (Å²) in [6, 6.07) is 0.289. The highest BCUT2D eigenvalue weighted by molar-refractivity contribution is 4.85. The van der Waals surface area contributed by atoms with Gasteiger partial charge >= 0.3 is 0 Å². The maximum Gasteiger partial charge on any atom is 0.0950 e. The number of ether oxygens (including phenoxy) is 1. The molecular formula is C8H15NO2. The zero-order chi connectivity index (χ0) is 7.68. The molecule has 64 valence electrons. The van der Waals surface area contributed by atoms with Crippen molar-refractivity contribution < 1.29 is 9.84 Å². The summed E-state index contributed by atoms with van der Waals surface area (Å²) in [5.74, 6) is 0. The van der Waals surface area contributed by atoms with E-state index in [0.29, 0.717) is 6.61 Å². The predicted molar refractivity (Wildman–Crippen MR) is 41.4 cm³/mol. The van der Waals surface area contributed by atoms with Crippen molar-refractivity contribution in [3.05, 3.63) is 0 Å². The van der Waals surface area contributed by atoms with Crippen LogP contribution in [0, 0.1) is 0 Å². The third-order valence-electron chi connectivity index (χ3n) is 2.63. The molecule has 0 aromatic rings. The van der Waals surface area contributed by atoms with Crippen molar-refractivity contribution in [2.45, 2.75) is 25.0 Å². The Morgan fingerprint density at radius 3 is 2.45 bits per heavy atom. The number of aliphatic hydroxyl groups excluding tert-OH is 1. The normalized spacial score (nSPS) is 40.1. The van der Waals surface area contributed by atoms with Crippen LogP contribution in [0.15, 0.2) is 0 Å². The SMILES string of the molecule is OC1COCC1N1CCCC1. The zero-order valence-corrected chi connectivity index (χ0v) is 6.70. The molecular weight excluding hydrogens is 142 g/mol. The van der Waals surface area contributed by atoms with Gasteiger partial charge in [0.2, 0.25) is 0 Å². The first-order valence-corrected chi connectivity index (χ1v) is 4.38. The van der Waals surface area contributed by atoms with E-state index in [9.17, 15) is 5.11 Å². The number of aliphatic hydroxyl groups is 1. The molecule has 0 radical (unpaired) electrons. The van der Waals surface area contributed by atoms with Crippen molar-refractivity contribution in [1.29, 1.82) is 0 Å². The van der Waals surface area contributed by atoms with E-state index in [2.05, 4.69) is 4.90 Å². The fourth-order valence-corrected chi connectivity index (χ4v) is 1.95. The fraction of sp³-hybridized carbons (Fsp3) is 1.00. The van der Waals surface area contributed by atoms with E-state index in [1.807, 2.05) is 0 Å². The van der Waals surface area contributed by atoms with Crippen LogP contribution in [0.4, 0.5) is 0 Å². The summed E-state index contributed by atoms with van der Waals surface area (Å²) < 4.78 is 5.19. The molecule has 2 fully saturated rings. The largest absolute Gasteiger partial charge is 0.389 e. The van der Waals surface area contributed by atoms with E-state index in [4.69, 9.17) is 4.74 Å². The van der Waals surface area contributed by atoms with Crippen molar-refractivity contribution in [1.82, 2.24) is 4.90 Å². The third kappa shape index (κ3) is 1.41. The van der Waals surface area contributed by atoms with Gasteiger partial charge in [-0.2, -0.15) is 0 Å². The molecule has 2 heterocycles. The summed E-state index contributed by atoms with van der Waals surface area (Å²) in [5, 5.41) is 9.48. The van der Waals surface area contributed by atoms with Gasteiger partial charge in [0.15, 0.2) is 0 Å². The summed E-state index contributed by atoms with van der Waals surface area (Å²) >= 11 is 0. The van der Waals surface area contributed by atoms with Gasteiger partial charge in [-0.3, -0.25) is 4.90 Å². The first-order chi connectivity index (χ1) is 5.38. The second kappa shape index (κ2) is 3.09. The van der Waals surface area contributed by atoms with Crippen LogP contribution in [0.2, 0.25) is 0 Å². The summed E-state index contributed by atoms with van der Waals surface area (Å²) in [6.07, 6.45) is 2.32. The van der Waals surface area contributed by atoms with Crippen molar-refractivity contribution in [3.63, 3.8) is 0 Å². The first kappa shape index (κ1) is 7.53. The molecule has 0 spiro atoms. The second-order valence-electron chi connectivity index (χ2n) is 3.42. The Kier molecular flexibility index (Phi) is 2.11. The van der Waals surface area contributed by atoms with Crippen LogP contribution in [-0.4, -0.2) is 48.5 Å². The van der Waals surface area contributed by atoms with Gasteiger partial charge in [0.1, 0.15) is 0 Å². The van der Waals surface area contributed by atoms with Gasteiger partial charge in [-0.05, 0) is 25.9 Å². The minimum atomic E-state index is -0.243. The van der Waals surface area contributed by atoms with Crippen molar-refractivity contribution >= 4 is 0 Å². The lowest BCUT2D eigenvalue weighted by Crippen LogP contribution is -2.41. The lowest BCUT2D eigenvalue weighted by Gasteiger charge is -2.24. The topological polar surface area (TPSA) is 32.7 Å². The predicted octanol–water partition coefficient (Wildman–Crippen LogP) is -0.158. The molecule has 0 saturated carbocycles. The molecule has 2 saturated heterocycles. The van der Waals surface area contributed by atoms with Crippen LogP contribution in [-0.2, 0) is 4.74 Å². The summed E-state index contributed by atoms with van der Waals surface area (Å²) in [6.45, 7) is 3.54. The molecule has 11 heavy (non-hydrogen) atoms. The Labute approximate surface area is 66.9 Å². The van der Waals surface area contributed by atoms with Crippen molar-refractivity contribution in [3.8, 4) is 0 Å². The van der Waals surface area contributed by atoms with Crippen LogP contribution in [0.25, 0.3) is 0 Å². The molecule has 0 amide bonds. The minimum absolute atomic E-state index is 0.243. The maximum absolute atomic E-state index is 9.48. The highest BCUT2D eigenvalue weighted by Gasteiger charge is 2.32. The molecule has 2 unspecified atom stereocenters. The molecule has 3 nitrogen and oxygen atoms in total. The van der Waals surface area contributed by atoms with Crippen LogP contribution in [0.1, 0.15) is 12.8 Å². The molecule has 2 aliphatic rings. The number of rotatable bonds is 1. The smallest absolute Gasteiger partial charge is 0.0950 e. The van der Waals surface area contributed by atoms with Crippen LogP contribution in [0.5, 0.6) is 0 Å². The van der Waals surface area contributed by atoms with Gasteiger partial charge in [0.05, 0.1) is 25.4 Å². The van der Waals surface area contributed by atoms with Gasteiger partial charge in [-0.1, -0.05) is 0 Å². The first-order valence-electron chi connectivity index (χ1n) is 4.38. The summed E-state index contributed by atoms with van der Waals surface area (Å²) in [4.78, 5) is 2.34. The number of nitrogens with zero attached hydrogens (tertiary/aromatic N) is 1. The Hall–Kier alpha value is -0.120. The quantitative estimate of drug-likeness (QED) is 0.574. The monoisotopic (exact) mass is 157 g/mol. The lowest BCUT2D eigenvalue weighted by molar-refractivity contribution is 0.0948. The molecule has 3 heteroatoms. The van der Waals surface area contributed by atoms with Crippen molar-refractivity contribution in [2.75, 3.05) is 26.3 Å². The number of hydrogen-bond acceptors (Lipinski definition) is 3. The van der Waals surface area contributed by atoms with Crippen molar-refractivity contribution in [2.24, 2.45) is 0 Å². The van der Waals surface area contributed by atoms with Crippen LogP contribution < -0.4 is 0 Å². The maximum atomic E-state index is 9.48. The van der Waals surface area contributed by atoms with E-state index in [1.54, 1.807) is 0 Å². The van der Waals surface area contributed by atoms with Gasteiger partial charge in [0, 0.05) is 0 Å². The molecule has 0 aromatic heterocycles. The van der Waals surface area contributed by atoms with Gasteiger partial charge < -0.3 is 9.84 Å². The summed E-state index contributed by atoms with van der Waals surface area (Å²) in [5.41, 5.74) is 0. The van der Waals surface area contributed by atoms with E-state index >= 15 is 0 Å². The second-order valence-corrected chi connectivity index (χ2v) is 3.42. The molecule has 2 rings (SSSR count). The molecule has 0 aliphatic carbocycles. The Morgan fingerprint density at radius 1 is 1.18 bits per heavy atom. The molecule has 1 N–H and O–H groups in total.